The number of nitro groups is 1. The van der Waals surface area contributed by atoms with E-state index in [-0.39, 0.29) is 16.3 Å². The molecule has 0 aliphatic rings. The Bertz CT molecular complexity index is 628. The van der Waals surface area contributed by atoms with Gasteiger partial charge in [0, 0.05) is 22.5 Å². The smallest absolute Gasteiger partial charge is 0.258 e. The van der Waals surface area contributed by atoms with E-state index in [0.29, 0.717) is 12.0 Å². The zero-order valence-corrected chi connectivity index (χ0v) is 12.4. The molecular formula is C15H13BrFNO2. The highest BCUT2D eigenvalue weighted by Gasteiger charge is 2.14. The van der Waals surface area contributed by atoms with E-state index in [0.717, 1.165) is 11.1 Å². The predicted molar refractivity (Wildman–Crippen MR) is 79.6 cm³/mol. The van der Waals surface area contributed by atoms with E-state index >= 15 is 0 Å². The SMILES string of the molecule is Cc1ccc(F)c(C(Br)Cc2ccc([N+](=O)[O-])cc2)c1. The highest BCUT2D eigenvalue weighted by Crippen LogP contribution is 2.30. The minimum atomic E-state index is -0.435. The van der Waals surface area contributed by atoms with E-state index in [1.54, 1.807) is 24.3 Å². The van der Waals surface area contributed by atoms with Crippen molar-refractivity contribution >= 4 is 21.6 Å². The van der Waals surface area contributed by atoms with Crippen LogP contribution in [0.4, 0.5) is 10.1 Å². The molecule has 0 aliphatic carbocycles. The minimum absolute atomic E-state index is 0.0570. The third kappa shape index (κ3) is 3.42. The van der Waals surface area contributed by atoms with Crippen molar-refractivity contribution in [3.8, 4) is 0 Å². The van der Waals surface area contributed by atoms with Crippen LogP contribution < -0.4 is 0 Å². The number of aryl methyl sites for hydroxylation is 1. The molecule has 0 heterocycles. The molecule has 3 nitrogen and oxygen atoms in total. The molecule has 20 heavy (non-hydrogen) atoms. The molecule has 2 rings (SSSR count). The van der Waals surface area contributed by atoms with Crippen LogP contribution in [0.25, 0.3) is 0 Å². The lowest BCUT2D eigenvalue weighted by Gasteiger charge is -2.12. The first kappa shape index (κ1) is 14.7. The van der Waals surface area contributed by atoms with Crippen LogP contribution in [0.1, 0.15) is 21.5 Å². The molecule has 0 fully saturated rings. The number of nitro benzene ring substituents is 1. The number of halogens is 2. The van der Waals surface area contributed by atoms with Gasteiger partial charge in [-0.1, -0.05) is 45.8 Å². The number of hydrogen-bond donors (Lipinski definition) is 0. The molecule has 1 atom stereocenters. The summed E-state index contributed by atoms with van der Waals surface area (Å²) >= 11 is 3.48. The largest absolute Gasteiger partial charge is 0.269 e. The van der Waals surface area contributed by atoms with E-state index in [2.05, 4.69) is 15.9 Å². The second-order valence-corrected chi connectivity index (χ2v) is 5.73. The molecule has 0 saturated heterocycles. The van der Waals surface area contributed by atoms with Gasteiger partial charge < -0.3 is 0 Å². The molecule has 0 bridgehead atoms. The molecule has 0 radical (unpaired) electrons. The molecule has 0 aliphatic heterocycles. The van der Waals surface area contributed by atoms with Crippen molar-refractivity contribution in [2.24, 2.45) is 0 Å². The van der Waals surface area contributed by atoms with Crippen LogP contribution >= 0.6 is 15.9 Å². The minimum Gasteiger partial charge on any atom is -0.258 e. The van der Waals surface area contributed by atoms with Crippen molar-refractivity contribution in [2.75, 3.05) is 0 Å². The lowest BCUT2D eigenvalue weighted by atomic mass is 10.0. The van der Waals surface area contributed by atoms with E-state index in [9.17, 15) is 14.5 Å². The average molecular weight is 338 g/mol. The van der Waals surface area contributed by atoms with Crippen LogP contribution in [-0.2, 0) is 6.42 Å². The second-order valence-electron chi connectivity index (χ2n) is 4.62. The number of hydrogen-bond acceptors (Lipinski definition) is 2. The molecule has 2 aromatic carbocycles. The molecule has 5 heteroatoms. The van der Waals surface area contributed by atoms with Crippen LogP contribution in [0.3, 0.4) is 0 Å². The normalized spacial score (nSPS) is 12.2. The van der Waals surface area contributed by atoms with Crippen LogP contribution in [0.5, 0.6) is 0 Å². The lowest BCUT2D eigenvalue weighted by Crippen LogP contribution is -1.99. The summed E-state index contributed by atoms with van der Waals surface area (Å²) in [6.07, 6.45) is 0.568. The first-order valence-electron chi connectivity index (χ1n) is 6.11. The molecule has 0 saturated carbocycles. The number of alkyl halides is 1. The number of nitrogens with zero attached hydrogens (tertiary/aromatic N) is 1. The predicted octanol–water partition coefficient (Wildman–Crippen LogP) is 4.72. The summed E-state index contributed by atoms with van der Waals surface area (Å²) in [6.45, 7) is 1.91. The maximum Gasteiger partial charge on any atom is 0.269 e. The molecule has 104 valence electrons. The number of rotatable bonds is 4. The van der Waals surface area contributed by atoms with Crippen molar-refractivity contribution < 1.29 is 9.31 Å². The maximum absolute atomic E-state index is 13.8. The van der Waals surface area contributed by atoms with Gasteiger partial charge in [0.25, 0.3) is 5.69 Å². The summed E-state index contributed by atoms with van der Waals surface area (Å²) in [5.41, 5.74) is 2.57. The highest BCUT2D eigenvalue weighted by molar-refractivity contribution is 9.09. The molecule has 0 amide bonds. The number of benzene rings is 2. The summed E-state index contributed by atoms with van der Waals surface area (Å²) < 4.78 is 13.8. The fourth-order valence-electron chi connectivity index (χ4n) is 1.97. The fraction of sp³-hybridized carbons (Fsp3) is 0.200. The Kier molecular flexibility index (Phi) is 4.49. The zero-order valence-electron chi connectivity index (χ0n) is 10.8. The van der Waals surface area contributed by atoms with Gasteiger partial charge in [-0.05, 0) is 25.0 Å². The Morgan fingerprint density at radius 3 is 2.50 bits per heavy atom. The van der Waals surface area contributed by atoms with Gasteiger partial charge >= 0.3 is 0 Å². The first-order valence-corrected chi connectivity index (χ1v) is 7.02. The van der Waals surface area contributed by atoms with Gasteiger partial charge in [-0.2, -0.15) is 0 Å². The molecule has 0 spiro atoms. The third-order valence-corrected chi connectivity index (χ3v) is 3.87. The van der Waals surface area contributed by atoms with Crippen molar-refractivity contribution in [3.05, 3.63) is 75.1 Å². The Labute approximate surface area is 124 Å². The van der Waals surface area contributed by atoms with E-state index in [1.165, 1.54) is 18.2 Å². The molecular weight excluding hydrogens is 325 g/mol. The molecule has 0 N–H and O–H groups in total. The standard InChI is InChI=1S/C15H13BrFNO2/c1-10-2-7-15(17)13(8-10)14(16)9-11-3-5-12(6-4-11)18(19)20/h2-8,14H,9H2,1H3. The average Bonchev–Trinajstić information content (AvgIpc) is 2.42. The second kappa shape index (κ2) is 6.13. The van der Waals surface area contributed by atoms with Crippen molar-refractivity contribution in [2.45, 2.75) is 18.2 Å². The van der Waals surface area contributed by atoms with Gasteiger partial charge in [0.05, 0.1) is 4.92 Å². The van der Waals surface area contributed by atoms with E-state index in [4.69, 9.17) is 0 Å². The van der Waals surface area contributed by atoms with Crippen molar-refractivity contribution in [1.29, 1.82) is 0 Å². The first-order chi connectivity index (χ1) is 9.47. The molecule has 0 aromatic heterocycles. The summed E-state index contributed by atoms with van der Waals surface area (Å²) in [5, 5.41) is 10.6. The van der Waals surface area contributed by atoms with Crippen molar-refractivity contribution in [3.63, 3.8) is 0 Å². The summed E-state index contributed by atoms with van der Waals surface area (Å²) in [5.74, 6) is -0.251. The number of non-ortho nitro benzene ring substituents is 1. The Morgan fingerprint density at radius 1 is 1.25 bits per heavy atom. The van der Waals surface area contributed by atoms with Crippen LogP contribution in [0.15, 0.2) is 42.5 Å². The molecule has 1 unspecified atom stereocenters. The topological polar surface area (TPSA) is 43.1 Å². The van der Waals surface area contributed by atoms with Crippen molar-refractivity contribution in [1.82, 2.24) is 0 Å². The van der Waals surface area contributed by atoms with Crippen LogP contribution in [0.2, 0.25) is 0 Å². The van der Waals surface area contributed by atoms with Gasteiger partial charge in [0.2, 0.25) is 0 Å². The fourth-order valence-corrected chi connectivity index (χ4v) is 2.70. The zero-order chi connectivity index (χ0) is 14.7. The Morgan fingerprint density at radius 2 is 1.90 bits per heavy atom. The van der Waals surface area contributed by atoms with Crippen LogP contribution in [0, 0.1) is 22.9 Å². The van der Waals surface area contributed by atoms with E-state index < -0.39 is 4.92 Å². The lowest BCUT2D eigenvalue weighted by molar-refractivity contribution is -0.384. The maximum atomic E-state index is 13.8. The summed E-state index contributed by atoms with van der Waals surface area (Å²) in [6, 6.07) is 11.3. The quantitative estimate of drug-likeness (QED) is 0.460. The highest BCUT2D eigenvalue weighted by atomic mass is 79.9. The van der Waals surface area contributed by atoms with Gasteiger partial charge in [-0.15, -0.1) is 0 Å². The monoisotopic (exact) mass is 337 g/mol. The summed E-state index contributed by atoms with van der Waals surface area (Å²) in [7, 11) is 0. The third-order valence-electron chi connectivity index (χ3n) is 3.05. The summed E-state index contributed by atoms with van der Waals surface area (Å²) in [4.78, 5) is 9.99. The van der Waals surface area contributed by atoms with Gasteiger partial charge in [-0.25, -0.2) is 4.39 Å². The van der Waals surface area contributed by atoms with E-state index in [1.807, 2.05) is 6.92 Å². The molecule has 2 aromatic rings. The Hall–Kier alpha value is -1.75. The van der Waals surface area contributed by atoms with Gasteiger partial charge in [0.15, 0.2) is 0 Å². The van der Waals surface area contributed by atoms with Gasteiger partial charge in [-0.3, -0.25) is 10.1 Å². The Balaban J connectivity index is 2.16. The van der Waals surface area contributed by atoms with Crippen LogP contribution in [-0.4, -0.2) is 4.92 Å². The van der Waals surface area contributed by atoms with Gasteiger partial charge in [0.1, 0.15) is 5.82 Å².